The van der Waals surface area contributed by atoms with Crippen molar-refractivity contribution in [2.24, 2.45) is 5.92 Å². The van der Waals surface area contributed by atoms with Gasteiger partial charge < -0.3 is 19.9 Å². The van der Waals surface area contributed by atoms with Crippen LogP contribution in [0.15, 0.2) is 24.3 Å². The van der Waals surface area contributed by atoms with Gasteiger partial charge in [0.2, 0.25) is 0 Å². The number of aliphatic hydroxyl groups excluding tert-OH is 1. The Hall–Kier alpha value is -1.59. The second-order valence-corrected chi connectivity index (χ2v) is 5.71. The molecule has 0 aliphatic carbocycles. The van der Waals surface area contributed by atoms with Crippen LogP contribution in [0.2, 0.25) is 0 Å². The van der Waals surface area contributed by atoms with Crippen LogP contribution in [0.25, 0.3) is 0 Å². The summed E-state index contributed by atoms with van der Waals surface area (Å²) in [5.41, 5.74) is 1.00. The summed E-state index contributed by atoms with van der Waals surface area (Å²) in [4.78, 5) is 11.7. The Labute approximate surface area is 131 Å². The first-order valence-electron chi connectivity index (χ1n) is 7.88. The van der Waals surface area contributed by atoms with Crippen molar-refractivity contribution in [1.29, 1.82) is 0 Å². The molecule has 1 atom stereocenters. The van der Waals surface area contributed by atoms with Gasteiger partial charge in [0, 0.05) is 19.8 Å². The van der Waals surface area contributed by atoms with Crippen LogP contribution in [0.3, 0.4) is 0 Å². The summed E-state index contributed by atoms with van der Waals surface area (Å²) in [5, 5.41) is 12.9. The van der Waals surface area contributed by atoms with Gasteiger partial charge in [-0.1, -0.05) is 18.2 Å². The van der Waals surface area contributed by atoms with E-state index in [1.165, 1.54) is 0 Å². The van der Waals surface area contributed by atoms with Gasteiger partial charge in [-0.25, -0.2) is 0 Å². The van der Waals surface area contributed by atoms with Crippen LogP contribution in [0.5, 0.6) is 5.75 Å². The zero-order valence-corrected chi connectivity index (χ0v) is 13.1. The number of aliphatic hydroxyl groups is 1. The number of ether oxygens (including phenoxy) is 2. The fourth-order valence-corrected chi connectivity index (χ4v) is 2.61. The van der Waals surface area contributed by atoms with Crippen molar-refractivity contribution in [3.63, 3.8) is 0 Å². The zero-order chi connectivity index (χ0) is 15.8. The molecule has 1 saturated heterocycles. The molecule has 1 aromatic carbocycles. The molecule has 5 nitrogen and oxygen atoms in total. The molecule has 1 heterocycles. The monoisotopic (exact) mass is 307 g/mol. The molecule has 1 aliphatic rings. The highest BCUT2D eigenvalue weighted by Crippen LogP contribution is 2.20. The third kappa shape index (κ3) is 5.31. The Kier molecular flexibility index (Phi) is 6.68. The molecular weight excluding hydrogens is 282 g/mol. The van der Waals surface area contributed by atoms with Crippen LogP contribution in [0, 0.1) is 12.8 Å². The number of rotatable bonds is 7. The van der Waals surface area contributed by atoms with E-state index in [4.69, 9.17) is 9.47 Å². The highest BCUT2D eigenvalue weighted by atomic mass is 16.5. The fraction of sp³-hybridized carbons (Fsp3) is 0.588. The van der Waals surface area contributed by atoms with Gasteiger partial charge in [-0.05, 0) is 43.7 Å². The average Bonchev–Trinajstić information content (AvgIpc) is 2.55. The molecule has 5 heteroatoms. The van der Waals surface area contributed by atoms with E-state index >= 15 is 0 Å². The number of carbonyl (C=O) groups is 1. The smallest absolute Gasteiger partial charge is 0.257 e. The Bertz CT molecular complexity index is 471. The number of amides is 1. The van der Waals surface area contributed by atoms with Crippen LogP contribution in [0.4, 0.5) is 0 Å². The first kappa shape index (κ1) is 16.8. The van der Waals surface area contributed by atoms with Crippen molar-refractivity contribution in [2.45, 2.75) is 32.3 Å². The third-order valence-electron chi connectivity index (χ3n) is 4.02. The summed E-state index contributed by atoms with van der Waals surface area (Å²) in [6, 6.07) is 7.60. The predicted octanol–water partition coefficient (Wildman–Crippen LogP) is 1.67. The number of benzene rings is 1. The molecule has 1 aromatic rings. The molecule has 0 saturated carbocycles. The highest BCUT2D eigenvalue weighted by Gasteiger charge is 2.21. The number of para-hydroxylation sites is 1. The first-order chi connectivity index (χ1) is 10.7. The van der Waals surface area contributed by atoms with E-state index < -0.39 is 0 Å². The average molecular weight is 307 g/mol. The topological polar surface area (TPSA) is 67.8 Å². The normalized spacial score (nSPS) is 17.0. The minimum atomic E-state index is -0.374. The lowest BCUT2D eigenvalue weighted by Crippen LogP contribution is -2.34. The Balaban J connectivity index is 1.62. The standard InChI is InChI=1S/C17H25NO4/c1-13-4-2-3-5-16(13)22-12-17(20)18-9-6-15(19)14-7-10-21-11-8-14/h2-5,14-15,19H,6-12H2,1H3,(H,18,20)/t15-/m0/s1. The largest absolute Gasteiger partial charge is 0.484 e. The molecular formula is C17H25NO4. The highest BCUT2D eigenvalue weighted by molar-refractivity contribution is 5.77. The molecule has 0 aromatic heterocycles. The molecule has 1 fully saturated rings. The van der Waals surface area contributed by atoms with E-state index in [0.29, 0.717) is 13.0 Å². The van der Waals surface area contributed by atoms with Gasteiger partial charge in [0.05, 0.1) is 6.10 Å². The van der Waals surface area contributed by atoms with E-state index in [0.717, 1.165) is 37.4 Å². The molecule has 0 bridgehead atoms. The fourth-order valence-electron chi connectivity index (χ4n) is 2.61. The van der Waals surface area contributed by atoms with Gasteiger partial charge in [0.15, 0.2) is 6.61 Å². The predicted molar refractivity (Wildman–Crippen MR) is 83.9 cm³/mol. The van der Waals surface area contributed by atoms with Crippen molar-refractivity contribution >= 4 is 5.91 Å². The minimum absolute atomic E-state index is 0.00177. The van der Waals surface area contributed by atoms with Crippen molar-refractivity contribution < 1.29 is 19.4 Å². The van der Waals surface area contributed by atoms with Crippen molar-refractivity contribution in [2.75, 3.05) is 26.4 Å². The summed E-state index contributed by atoms with van der Waals surface area (Å²) >= 11 is 0. The summed E-state index contributed by atoms with van der Waals surface area (Å²) < 4.78 is 10.8. The van der Waals surface area contributed by atoms with Crippen LogP contribution in [-0.4, -0.2) is 43.5 Å². The Morgan fingerprint density at radius 3 is 2.86 bits per heavy atom. The third-order valence-corrected chi connectivity index (χ3v) is 4.02. The van der Waals surface area contributed by atoms with Gasteiger partial charge in [0.25, 0.3) is 5.91 Å². The second kappa shape index (κ2) is 8.76. The number of hydrogen-bond acceptors (Lipinski definition) is 4. The molecule has 0 radical (unpaired) electrons. The van der Waals surface area contributed by atoms with Crippen LogP contribution in [-0.2, 0) is 9.53 Å². The lowest BCUT2D eigenvalue weighted by molar-refractivity contribution is -0.123. The van der Waals surface area contributed by atoms with Gasteiger partial charge in [0.1, 0.15) is 5.75 Å². The number of carbonyl (C=O) groups excluding carboxylic acids is 1. The first-order valence-corrected chi connectivity index (χ1v) is 7.88. The van der Waals surface area contributed by atoms with E-state index in [2.05, 4.69) is 5.32 Å². The van der Waals surface area contributed by atoms with E-state index in [1.54, 1.807) is 0 Å². The number of aryl methyl sites for hydroxylation is 1. The maximum Gasteiger partial charge on any atom is 0.257 e. The summed E-state index contributed by atoms with van der Waals surface area (Å²) in [6.45, 7) is 3.85. The molecule has 122 valence electrons. The second-order valence-electron chi connectivity index (χ2n) is 5.71. The van der Waals surface area contributed by atoms with E-state index in [9.17, 15) is 9.90 Å². The summed E-state index contributed by atoms with van der Waals surface area (Å²) in [6.07, 6.45) is 1.99. The van der Waals surface area contributed by atoms with E-state index in [1.807, 2.05) is 31.2 Å². The van der Waals surface area contributed by atoms with Gasteiger partial charge in [-0.2, -0.15) is 0 Å². The van der Waals surface area contributed by atoms with Crippen molar-refractivity contribution in [1.82, 2.24) is 5.32 Å². The number of hydrogen-bond donors (Lipinski definition) is 2. The van der Waals surface area contributed by atoms with Crippen molar-refractivity contribution in [3.05, 3.63) is 29.8 Å². The minimum Gasteiger partial charge on any atom is -0.484 e. The lowest BCUT2D eigenvalue weighted by Gasteiger charge is -2.26. The van der Waals surface area contributed by atoms with Gasteiger partial charge >= 0.3 is 0 Å². The molecule has 1 aliphatic heterocycles. The molecule has 0 unspecified atom stereocenters. The van der Waals surface area contributed by atoms with E-state index in [-0.39, 0.29) is 24.5 Å². The lowest BCUT2D eigenvalue weighted by atomic mass is 9.92. The van der Waals surface area contributed by atoms with Crippen molar-refractivity contribution in [3.8, 4) is 5.75 Å². The van der Waals surface area contributed by atoms with Gasteiger partial charge in [-0.15, -0.1) is 0 Å². The molecule has 0 spiro atoms. The molecule has 2 N–H and O–H groups in total. The Morgan fingerprint density at radius 1 is 1.41 bits per heavy atom. The maximum atomic E-state index is 11.7. The quantitative estimate of drug-likeness (QED) is 0.804. The van der Waals surface area contributed by atoms with Crippen LogP contribution < -0.4 is 10.1 Å². The zero-order valence-electron chi connectivity index (χ0n) is 13.1. The van der Waals surface area contributed by atoms with Gasteiger partial charge in [-0.3, -0.25) is 4.79 Å². The summed E-state index contributed by atoms with van der Waals surface area (Å²) in [7, 11) is 0. The van der Waals surface area contributed by atoms with Crippen LogP contribution in [0.1, 0.15) is 24.8 Å². The molecule has 1 amide bonds. The Morgan fingerprint density at radius 2 is 2.14 bits per heavy atom. The SMILES string of the molecule is Cc1ccccc1OCC(=O)NCC[C@H](O)C1CCOCC1. The molecule has 2 rings (SSSR count). The maximum absolute atomic E-state index is 11.7. The molecule has 22 heavy (non-hydrogen) atoms. The summed E-state index contributed by atoms with van der Waals surface area (Å²) in [5.74, 6) is 0.844. The van der Waals surface area contributed by atoms with Crippen LogP contribution >= 0.6 is 0 Å². The number of nitrogens with one attached hydrogen (secondary N) is 1.